The van der Waals surface area contributed by atoms with Crippen LogP contribution in [0.3, 0.4) is 0 Å². The molecule has 1 heterocycles. The first-order chi connectivity index (χ1) is 7.70. The number of halogens is 1. The van der Waals surface area contributed by atoms with Crippen LogP contribution < -0.4 is 0 Å². The summed E-state index contributed by atoms with van der Waals surface area (Å²) in [6, 6.07) is 8.74. The first-order valence-electron chi connectivity index (χ1n) is 4.62. The summed E-state index contributed by atoms with van der Waals surface area (Å²) >= 11 is 0. The van der Waals surface area contributed by atoms with Crippen LogP contribution in [0.2, 0.25) is 0 Å². The third-order valence-corrected chi connectivity index (χ3v) is 2.20. The predicted molar refractivity (Wildman–Crippen MR) is 56.6 cm³/mol. The zero-order chi connectivity index (χ0) is 11.5. The zero-order valence-electron chi connectivity index (χ0n) is 8.22. The highest BCUT2D eigenvalue weighted by Gasteiger charge is 2.16. The van der Waals surface area contributed by atoms with Gasteiger partial charge in [0.05, 0.1) is 6.20 Å². The van der Waals surface area contributed by atoms with Gasteiger partial charge in [0.2, 0.25) is 0 Å². The largest absolute Gasteiger partial charge is 0.478 e. The number of carboxylic acids is 1. The van der Waals surface area contributed by atoms with Crippen molar-refractivity contribution in [3.05, 3.63) is 54.1 Å². The molecule has 0 bridgehead atoms. The Morgan fingerprint density at radius 1 is 1.19 bits per heavy atom. The van der Waals surface area contributed by atoms with E-state index in [-0.39, 0.29) is 11.1 Å². The van der Waals surface area contributed by atoms with Crippen molar-refractivity contribution in [3.8, 4) is 11.1 Å². The first-order valence-corrected chi connectivity index (χ1v) is 4.62. The molecule has 80 valence electrons. The number of aromatic carboxylic acids is 1. The average Bonchev–Trinajstić information content (AvgIpc) is 2.29. The molecular weight excluding hydrogens is 209 g/mol. The fourth-order valence-electron chi connectivity index (χ4n) is 1.49. The molecule has 0 saturated carbocycles. The van der Waals surface area contributed by atoms with Crippen LogP contribution in [0.25, 0.3) is 11.1 Å². The standard InChI is InChI=1S/C12H8FNO2/c13-10-7-14-6-9(11(10)12(15)16)8-4-2-1-3-5-8/h1-7H,(H,15,16). The van der Waals surface area contributed by atoms with Crippen LogP contribution in [0.4, 0.5) is 4.39 Å². The Morgan fingerprint density at radius 2 is 1.88 bits per heavy atom. The molecule has 0 spiro atoms. The number of aromatic nitrogens is 1. The maximum atomic E-state index is 13.3. The van der Waals surface area contributed by atoms with E-state index < -0.39 is 11.8 Å². The first kappa shape index (κ1) is 10.3. The molecule has 0 radical (unpaired) electrons. The van der Waals surface area contributed by atoms with E-state index in [2.05, 4.69) is 4.98 Å². The number of benzene rings is 1. The van der Waals surface area contributed by atoms with Gasteiger partial charge in [-0.05, 0) is 5.56 Å². The minimum absolute atomic E-state index is 0.285. The van der Waals surface area contributed by atoms with E-state index in [1.807, 2.05) is 0 Å². The van der Waals surface area contributed by atoms with Crippen LogP contribution in [0.5, 0.6) is 0 Å². The smallest absolute Gasteiger partial charge is 0.339 e. The van der Waals surface area contributed by atoms with Crippen molar-refractivity contribution < 1.29 is 14.3 Å². The van der Waals surface area contributed by atoms with E-state index in [4.69, 9.17) is 5.11 Å². The Labute approximate surface area is 91.2 Å². The minimum Gasteiger partial charge on any atom is -0.478 e. The van der Waals surface area contributed by atoms with E-state index in [1.165, 1.54) is 6.20 Å². The lowest BCUT2D eigenvalue weighted by atomic mass is 10.0. The van der Waals surface area contributed by atoms with Gasteiger partial charge in [-0.2, -0.15) is 0 Å². The van der Waals surface area contributed by atoms with Gasteiger partial charge in [0, 0.05) is 11.8 Å². The Morgan fingerprint density at radius 3 is 2.50 bits per heavy atom. The third-order valence-electron chi connectivity index (χ3n) is 2.20. The molecule has 0 unspecified atom stereocenters. The summed E-state index contributed by atoms with van der Waals surface area (Å²) in [6.07, 6.45) is 2.25. The van der Waals surface area contributed by atoms with Crippen molar-refractivity contribution in [2.24, 2.45) is 0 Å². The van der Waals surface area contributed by atoms with E-state index in [9.17, 15) is 9.18 Å². The van der Waals surface area contributed by atoms with Crippen LogP contribution in [-0.4, -0.2) is 16.1 Å². The summed E-state index contributed by atoms with van der Waals surface area (Å²) in [4.78, 5) is 14.6. The molecule has 1 N–H and O–H groups in total. The lowest BCUT2D eigenvalue weighted by Crippen LogP contribution is -2.04. The number of rotatable bonds is 2. The molecule has 0 aliphatic carbocycles. The SMILES string of the molecule is O=C(O)c1c(F)cncc1-c1ccccc1. The summed E-state index contributed by atoms with van der Waals surface area (Å²) in [7, 11) is 0. The van der Waals surface area contributed by atoms with E-state index in [1.54, 1.807) is 30.3 Å². The minimum atomic E-state index is -1.29. The van der Waals surface area contributed by atoms with Gasteiger partial charge in [-0.1, -0.05) is 30.3 Å². The second-order valence-corrected chi connectivity index (χ2v) is 3.22. The van der Waals surface area contributed by atoms with E-state index in [0.29, 0.717) is 5.56 Å². The molecule has 1 aromatic heterocycles. The van der Waals surface area contributed by atoms with Gasteiger partial charge in [-0.3, -0.25) is 4.98 Å². The molecule has 0 amide bonds. The van der Waals surface area contributed by atoms with Gasteiger partial charge in [-0.15, -0.1) is 0 Å². The zero-order valence-corrected chi connectivity index (χ0v) is 8.22. The van der Waals surface area contributed by atoms with E-state index >= 15 is 0 Å². The molecule has 1 aromatic carbocycles. The molecular formula is C12H8FNO2. The van der Waals surface area contributed by atoms with Crippen molar-refractivity contribution in [2.45, 2.75) is 0 Å². The number of nitrogens with zero attached hydrogens (tertiary/aromatic N) is 1. The van der Waals surface area contributed by atoms with Crippen molar-refractivity contribution in [1.82, 2.24) is 4.98 Å². The highest BCUT2D eigenvalue weighted by molar-refractivity contribution is 5.95. The van der Waals surface area contributed by atoms with Crippen LogP contribution in [0.15, 0.2) is 42.7 Å². The molecule has 0 aliphatic heterocycles. The van der Waals surface area contributed by atoms with Gasteiger partial charge in [0.25, 0.3) is 0 Å². The Balaban J connectivity index is 2.66. The van der Waals surface area contributed by atoms with Crippen LogP contribution in [-0.2, 0) is 0 Å². The Kier molecular flexibility index (Phi) is 2.64. The number of pyridine rings is 1. The van der Waals surface area contributed by atoms with Crippen LogP contribution in [0.1, 0.15) is 10.4 Å². The average molecular weight is 217 g/mol. The van der Waals surface area contributed by atoms with Crippen molar-refractivity contribution in [2.75, 3.05) is 0 Å². The fourth-order valence-corrected chi connectivity index (χ4v) is 1.49. The predicted octanol–water partition coefficient (Wildman–Crippen LogP) is 2.59. The van der Waals surface area contributed by atoms with Gasteiger partial charge in [-0.25, -0.2) is 9.18 Å². The van der Waals surface area contributed by atoms with Gasteiger partial charge < -0.3 is 5.11 Å². The molecule has 0 atom stereocenters. The molecule has 2 aromatic rings. The third kappa shape index (κ3) is 1.77. The number of carboxylic acid groups (broad SMARTS) is 1. The summed E-state index contributed by atoms with van der Waals surface area (Å²) in [6.45, 7) is 0. The topological polar surface area (TPSA) is 50.2 Å². The molecule has 0 fully saturated rings. The lowest BCUT2D eigenvalue weighted by molar-refractivity contribution is 0.0692. The van der Waals surface area contributed by atoms with Crippen molar-refractivity contribution in [3.63, 3.8) is 0 Å². The Hall–Kier alpha value is -2.23. The maximum absolute atomic E-state index is 13.3. The van der Waals surface area contributed by atoms with Crippen molar-refractivity contribution >= 4 is 5.97 Å². The molecule has 0 aliphatic rings. The molecule has 2 rings (SSSR count). The highest BCUT2D eigenvalue weighted by Crippen LogP contribution is 2.24. The highest BCUT2D eigenvalue weighted by atomic mass is 19.1. The normalized spacial score (nSPS) is 10.1. The summed E-state index contributed by atoms with van der Waals surface area (Å²) < 4.78 is 13.3. The maximum Gasteiger partial charge on any atom is 0.339 e. The summed E-state index contributed by atoms with van der Waals surface area (Å²) in [5.41, 5.74) is 0.571. The molecule has 4 heteroatoms. The van der Waals surface area contributed by atoms with Crippen LogP contribution >= 0.6 is 0 Å². The Bertz CT molecular complexity index is 526. The quantitative estimate of drug-likeness (QED) is 0.841. The van der Waals surface area contributed by atoms with Gasteiger partial charge in [0.1, 0.15) is 5.56 Å². The number of carbonyl (C=O) groups is 1. The van der Waals surface area contributed by atoms with Gasteiger partial charge >= 0.3 is 5.97 Å². The van der Waals surface area contributed by atoms with E-state index in [0.717, 1.165) is 6.20 Å². The van der Waals surface area contributed by atoms with Crippen LogP contribution in [0, 0.1) is 5.82 Å². The molecule has 3 nitrogen and oxygen atoms in total. The van der Waals surface area contributed by atoms with Crippen molar-refractivity contribution in [1.29, 1.82) is 0 Å². The second kappa shape index (κ2) is 4.10. The van der Waals surface area contributed by atoms with Gasteiger partial charge in [0.15, 0.2) is 5.82 Å². The lowest BCUT2D eigenvalue weighted by Gasteiger charge is -2.05. The second-order valence-electron chi connectivity index (χ2n) is 3.22. The summed E-state index contributed by atoms with van der Waals surface area (Å²) in [5, 5.41) is 8.94. The molecule has 16 heavy (non-hydrogen) atoms. The summed E-state index contributed by atoms with van der Waals surface area (Å²) in [5.74, 6) is -2.12. The number of hydrogen-bond acceptors (Lipinski definition) is 2. The monoisotopic (exact) mass is 217 g/mol. The number of hydrogen-bond donors (Lipinski definition) is 1. The fraction of sp³-hybridized carbons (Fsp3) is 0. The molecule has 0 saturated heterocycles.